The molecule has 0 amide bonds. The molecule has 18 heavy (non-hydrogen) atoms. The zero-order valence-corrected chi connectivity index (χ0v) is 10.8. The second-order valence-electron chi connectivity index (χ2n) is 3.67. The lowest BCUT2D eigenvalue weighted by molar-refractivity contribution is -0.383. The fourth-order valence-electron chi connectivity index (χ4n) is 1.49. The van der Waals surface area contributed by atoms with Gasteiger partial charge in [-0.2, -0.15) is 0 Å². The van der Waals surface area contributed by atoms with Crippen LogP contribution in [0.25, 0.3) is 0 Å². The molecule has 92 valence electrons. The summed E-state index contributed by atoms with van der Waals surface area (Å²) in [7, 11) is 0. The third-order valence-electron chi connectivity index (χ3n) is 2.34. The molecule has 5 nitrogen and oxygen atoms in total. The van der Waals surface area contributed by atoms with Crippen molar-refractivity contribution in [1.82, 2.24) is 0 Å². The summed E-state index contributed by atoms with van der Waals surface area (Å²) in [6.07, 6.45) is 0. The molecule has 0 aliphatic rings. The van der Waals surface area contributed by atoms with Crippen molar-refractivity contribution in [2.24, 2.45) is 0 Å². The number of nitro groups is 1. The van der Waals surface area contributed by atoms with Crippen LogP contribution >= 0.6 is 15.9 Å². The van der Waals surface area contributed by atoms with Crippen molar-refractivity contribution in [3.8, 4) is 0 Å². The van der Waals surface area contributed by atoms with Crippen molar-refractivity contribution >= 4 is 38.7 Å². The predicted molar refractivity (Wildman–Crippen MR) is 74.9 cm³/mol. The van der Waals surface area contributed by atoms with Crippen LogP contribution in [0.15, 0.2) is 46.9 Å². The Kier molecular flexibility index (Phi) is 3.47. The lowest BCUT2D eigenvalue weighted by Crippen LogP contribution is -1.97. The van der Waals surface area contributed by atoms with Crippen molar-refractivity contribution in [2.75, 3.05) is 11.1 Å². The van der Waals surface area contributed by atoms with Crippen molar-refractivity contribution < 1.29 is 4.92 Å². The van der Waals surface area contributed by atoms with Crippen LogP contribution < -0.4 is 11.1 Å². The minimum Gasteiger partial charge on any atom is -0.399 e. The average molecular weight is 308 g/mol. The number of nitrogens with zero attached hydrogens (tertiary/aromatic N) is 1. The SMILES string of the molecule is Nc1ccc(Nc2cc(Br)ccc2[N+](=O)[O-])cc1. The topological polar surface area (TPSA) is 81.2 Å². The number of nitrogens with two attached hydrogens (primary N) is 1. The van der Waals surface area contributed by atoms with Gasteiger partial charge < -0.3 is 11.1 Å². The van der Waals surface area contributed by atoms with Crippen LogP contribution in [0.5, 0.6) is 0 Å². The molecule has 3 N–H and O–H groups in total. The molecule has 2 aromatic carbocycles. The summed E-state index contributed by atoms with van der Waals surface area (Å²) in [5, 5.41) is 13.9. The quantitative estimate of drug-likeness (QED) is 0.515. The van der Waals surface area contributed by atoms with E-state index in [0.717, 1.165) is 10.2 Å². The number of rotatable bonds is 3. The van der Waals surface area contributed by atoms with Gasteiger partial charge in [0.15, 0.2) is 0 Å². The Morgan fingerprint density at radius 3 is 2.44 bits per heavy atom. The maximum atomic E-state index is 10.9. The molecule has 0 aliphatic heterocycles. The zero-order chi connectivity index (χ0) is 13.1. The maximum Gasteiger partial charge on any atom is 0.292 e. The summed E-state index contributed by atoms with van der Waals surface area (Å²) in [5.74, 6) is 0. The fourth-order valence-corrected chi connectivity index (χ4v) is 1.85. The van der Waals surface area contributed by atoms with Gasteiger partial charge in [0.1, 0.15) is 5.69 Å². The predicted octanol–water partition coefficient (Wildman–Crippen LogP) is 3.68. The van der Waals surface area contributed by atoms with Crippen LogP contribution in [0.3, 0.4) is 0 Å². The third-order valence-corrected chi connectivity index (χ3v) is 2.84. The molecule has 0 aromatic heterocycles. The van der Waals surface area contributed by atoms with Crippen molar-refractivity contribution in [3.63, 3.8) is 0 Å². The Labute approximate surface area is 112 Å². The third kappa shape index (κ3) is 2.78. The highest BCUT2D eigenvalue weighted by atomic mass is 79.9. The van der Waals surface area contributed by atoms with E-state index in [-0.39, 0.29) is 5.69 Å². The molecule has 0 bridgehead atoms. The molecule has 0 saturated carbocycles. The Bertz CT molecular complexity index is 584. The van der Waals surface area contributed by atoms with Crippen molar-refractivity contribution in [3.05, 3.63) is 57.1 Å². The number of nitro benzene ring substituents is 1. The monoisotopic (exact) mass is 307 g/mol. The van der Waals surface area contributed by atoms with E-state index in [1.165, 1.54) is 6.07 Å². The molecule has 6 heteroatoms. The summed E-state index contributed by atoms with van der Waals surface area (Å²) in [5.41, 5.74) is 7.42. The van der Waals surface area contributed by atoms with Gasteiger partial charge in [-0.15, -0.1) is 0 Å². The van der Waals surface area contributed by atoms with Gasteiger partial charge in [0, 0.05) is 21.9 Å². The summed E-state index contributed by atoms with van der Waals surface area (Å²) in [4.78, 5) is 10.5. The minimum atomic E-state index is -0.425. The largest absolute Gasteiger partial charge is 0.399 e. The van der Waals surface area contributed by atoms with E-state index in [1.807, 2.05) is 0 Å². The van der Waals surface area contributed by atoms with E-state index < -0.39 is 4.92 Å². The lowest BCUT2D eigenvalue weighted by atomic mass is 10.2. The first-order chi connectivity index (χ1) is 8.56. The standard InChI is InChI=1S/C12H10BrN3O2/c13-8-1-6-12(16(17)18)11(7-8)15-10-4-2-9(14)3-5-10/h1-7,15H,14H2. The van der Waals surface area contributed by atoms with E-state index in [2.05, 4.69) is 21.2 Å². The summed E-state index contributed by atoms with van der Waals surface area (Å²) >= 11 is 3.29. The molecule has 2 rings (SSSR count). The number of halogens is 1. The number of anilines is 3. The van der Waals surface area contributed by atoms with Crippen LogP contribution in [0.1, 0.15) is 0 Å². The average Bonchev–Trinajstić information content (AvgIpc) is 2.32. The molecule has 2 aromatic rings. The Morgan fingerprint density at radius 1 is 1.17 bits per heavy atom. The normalized spacial score (nSPS) is 10.1. The van der Waals surface area contributed by atoms with Gasteiger partial charge in [-0.3, -0.25) is 10.1 Å². The first-order valence-electron chi connectivity index (χ1n) is 5.13. The van der Waals surface area contributed by atoms with Gasteiger partial charge in [0.05, 0.1) is 4.92 Å². The molecular weight excluding hydrogens is 298 g/mol. The zero-order valence-electron chi connectivity index (χ0n) is 9.26. The molecule has 0 atom stereocenters. The number of nitrogens with one attached hydrogen (secondary N) is 1. The molecule has 0 fully saturated rings. The van der Waals surface area contributed by atoms with Crippen LogP contribution in [-0.4, -0.2) is 4.92 Å². The fraction of sp³-hybridized carbons (Fsp3) is 0. The van der Waals surface area contributed by atoms with Crippen LogP contribution in [0.4, 0.5) is 22.7 Å². The molecule has 0 saturated heterocycles. The first kappa shape index (κ1) is 12.4. The lowest BCUT2D eigenvalue weighted by Gasteiger charge is -2.07. The van der Waals surface area contributed by atoms with Crippen LogP contribution in [0, 0.1) is 10.1 Å². The van der Waals surface area contributed by atoms with Gasteiger partial charge in [-0.25, -0.2) is 0 Å². The Balaban J connectivity index is 2.35. The molecule has 0 heterocycles. The molecule has 0 unspecified atom stereocenters. The number of nitrogen functional groups attached to an aromatic ring is 1. The Hall–Kier alpha value is -2.08. The van der Waals surface area contributed by atoms with Crippen molar-refractivity contribution in [2.45, 2.75) is 0 Å². The number of hydrogen-bond acceptors (Lipinski definition) is 4. The highest BCUT2D eigenvalue weighted by Crippen LogP contribution is 2.30. The summed E-state index contributed by atoms with van der Waals surface area (Å²) in [6.45, 7) is 0. The van der Waals surface area contributed by atoms with E-state index in [0.29, 0.717) is 11.4 Å². The molecule has 0 radical (unpaired) electrons. The molecule has 0 spiro atoms. The Morgan fingerprint density at radius 2 is 1.83 bits per heavy atom. The van der Waals surface area contributed by atoms with Crippen LogP contribution in [-0.2, 0) is 0 Å². The van der Waals surface area contributed by atoms with Gasteiger partial charge >= 0.3 is 0 Å². The van der Waals surface area contributed by atoms with Gasteiger partial charge in [-0.05, 0) is 36.4 Å². The minimum absolute atomic E-state index is 0.0232. The van der Waals surface area contributed by atoms with Gasteiger partial charge in [0.2, 0.25) is 0 Å². The number of benzene rings is 2. The van der Waals surface area contributed by atoms with Crippen molar-refractivity contribution in [1.29, 1.82) is 0 Å². The smallest absolute Gasteiger partial charge is 0.292 e. The van der Waals surface area contributed by atoms with E-state index in [1.54, 1.807) is 36.4 Å². The van der Waals surface area contributed by atoms with E-state index in [4.69, 9.17) is 5.73 Å². The van der Waals surface area contributed by atoms with Gasteiger partial charge in [-0.1, -0.05) is 15.9 Å². The number of hydrogen-bond donors (Lipinski definition) is 2. The second-order valence-corrected chi connectivity index (χ2v) is 4.58. The highest BCUT2D eigenvalue weighted by molar-refractivity contribution is 9.10. The maximum absolute atomic E-state index is 10.9. The summed E-state index contributed by atoms with van der Waals surface area (Å²) < 4.78 is 0.769. The first-order valence-corrected chi connectivity index (χ1v) is 5.92. The van der Waals surface area contributed by atoms with E-state index >= 15 is 0 Å². The molecule has 0 aliphatic carbocycles. The highest BCUT2D eigenvalue weighted by Gasteiger charge is 2.13. The van der Waals surface area contributed by atoms with Gasteiger partial charge in [0.25, 0.3) is 5.69 Å². The molecular formula is C12H10BrN3O2. The second kappa shape index (κ2) is 5.05. The van der Waals surface area contributed by atoms with Crippen LogP contribution in [0.2, 0.25) is 0 Å². The summed E-state index contributed by atoms with van der Waals surface area (Å²) in [6, 6.07) is 11.7. The van der Waals surface area contributed by atoms with E-state index in [9.17, 15) is 10.1 Å².